The van der Waals surface area contributed by atoms with Crippen LogP contribution < -0.4 is 11.5 Å². The Kier molecular flexibility index (Phi) is 3.33. The molecule has 1 aromatic rings. The first-order valence-electron chi connectivity index (χ1n) is 5.87. The molecule has 20 heavy (non-hydrogen) atoms. The van der Waals surface area contributed by atoms with Crippen LogP contribution in [0.1, 0.15) is 22.3 Å². The summed E-state index contributed by atoms with van der Waals surface area (Å²) in [6, 6.07) is 6.12. The molecule has 0 spiro atoms. The predicted octanol–water partition coefficient (Wildman–Crippen LogP) is 0.796. The second-order valence-electron chi connectivity index (χ2n) is 4.68. The van der Waals surface area contributed by atoms with Gasteiger partial charge in [-0.1, -0.05) is 18.2 Å². The molecule has 6 nitrogen and oxygen atoms in total. The first-order valence-corrected chi connectivity index (χ1v) is 5.87. The number of benzene rings is 1. The SMILES string of the molecule is NC1=C(C(=O)O)CC(N)(c2cccc(C(=O)O)c2)C=C1. The van der Waals surface area contributed by atoms with Crippen LogP contribution in [0.25, 0.3) is 0 Å². The zero-order valence-corrected chi connectivity index (χ0v) is 10.5. The fourth-order valence-electron chi connectivity index (χ4n) is 2.13. The van der Waals surface area contributed by atoms with Gasteiger partial charge in [0.15, 0.2) is 0 Å². The Morgan fingerprint density at radius 1 is 1.20 bits per heavy atom. The summed E-state index contributed by atoms with van der Waals surface area (Å²) in [4.78, 5) is 22.1. The number of nitrogens with two attached hydrogens (primary N) is 2. The van der Waals surface area contributed by atoms with E-state index in [4.69, 9.17) is 21.7 Å². The van der Waals surface area contributed by atoms with Crippen LogP contribution in [0.3, 0.4) is 0 Å². The molecule has 0 heterocycles. The quantitative estimate of drug-likeness (QED) is 0.645. The van der Waals surface area contributed by atoms with E-state index in [-0.39, 0.29) is 23.3 Å². The molecule has 0 radical (unpaired) electrons. The monoisotopic (exact) mass is 274 g/mol. The van der Waals surface area contributed by atoms with Crippen LogP contribution in [0, 0.1) is 0 Å². The van der Waals surface area contributed by atoms with Crippen molar-refractivity contribution in [2.24, 2.45) is 11.5 Å². The van der Waals surface area contributed by atoms with Crippen molar-refractivity contribution in [3.8, 4) is 0 Å². The Morgan fingerprint density at radius 2 is 1.90 bits per heavy atom. The summed E-state index contributed by atoms with van der Waals surface area (Å²) in [5.41, 5.74) is 11.6. The Labute approximate surface area is 115 Å². The molecule has 1 aliphatic rings. The minimum absolute atomic E-state index is 0.00768. The standard InChI is InChI=1S/C14H14N2O4/c15-11-4-5-14(16,7-10(11)13(19)20)9-3-1-2-8(6-9)12(17)18/h1-6H,7,15-16H2,(H,17,18)(H,19,20). The molecule has 0 fully saturated rings. The van der Waals surface area contributed by atoms with E-state index >= 15 is 0 Å². The number of carboxylic acids is 2. The number of hydrogen-bond acceptors (Lipinski definition) is 4. The van der Waals surface area contributed by atoms with E-state index in [1.54, 1.807) is 18.2 Å². The minimum atomic E-state index is -1.13. The molecule has 0 saturated carbocycles. The molecule has 0 aromatic heterocycles. The lowest BCUT2D eigenvalue weighted by molar-refractivity contribution is -0.133. The topological polar surface area (TPSA) is 127 Å². The van der Waals surface area contributed by atoms with Crippen LogP contribution in [0.15, 0.2) is 47.7 Å². The molecule has 6 heteroatoms. The molecule has 1 atom stereocenters. The van der Waals surface area contributed by atoms with Crippen molar-refractivity contribution in [2.45, 2.75) is 12.0 Å². The van der Waals surface area contributed by atoms with Crippen molar-refractivity contribution < 1.29 is 19.8 Å². The van der Waals surface area contributed by atoms with Gasteiger partial charge in [0.05, 0.1) is 16.7 Å². The number of rotatable bonds is 3. The van der Waals surface area contributed by atoms with Crippen LogP contribution in [0.4, 0.5) is 0 Å². The van der Waals surface area contributed by atoms with Crippen LogP contribution in [0.5, 0.6) is 0 Å². The van der Waals surface area contributed by atoms with E-state index in [0.717, 1.165) is 0 Å². The van der Waals surface area contributed by atoms with E-state index in [0.29, 0.717) is 5.56 Å². The molecular formula is C14H14N2O4. The van der Waals surface area contributed by atoms with E-state index in [1.807, 2.05) is 0 Å². The third-order valence-corrected chi connectivity index (χ3v) is 3.28. The lowest BCUT2D eigenvalue weighted by Gasteiger charge is -2.30. The first-order chi connectivity index (χ1) is 9.33. The maximum Gasteiger partial charge on any atom is 0.335 e. The van der Waals surface area contributed by atoms with Gasteiger partial charge in [-0.25, -0.2) is 9.59 Å². The Balaban J connectivity index is 2.43. The van der Waals surface area contributed by atoms with Crippen molar-refractivity contribution in [3.63, 3.8) is 0 Å². The summed E-state index contributed by atoms with van der Waals surface area (Å²) in [6.45, 7) is 0. The van der Waals surface area contributed by atoms with Gasteiger partial charge in [0.2, 0.25) is 0 Å². The highest BCUT2D eigenvalue weighted by molar-refractivity contribution is 5.89. The highest BCUT2D eigenvalue weighted by atomic mass is 16.4. The largest absolute Gasteiger partial charge is 0.478 e. The van der Waals surface area contributed by atoms with Crippen LogP contribution in [0.2, 0.25) is 0 Å². The normalized spacial score (nSPS) is 21.9. The minimum Gasteiger partial charge on any atom is -0.478 e. The van der Waals surface area contributed by atoms with Gasteiger partial charge in [0, 0.05) is 12.1 Å². The number of carbonyl (C=O) groups is 2. The maximum absolute atomic E-state index is 11.1. The summed E-state index contributed by atoms with van der Waals surface area (Å²) < 4.78 is 0. The van der Waals surface area contributed by atoms with E-state index in [9.17, 15) is 9.59 Å². The van der Waals surface area contributed by atoms with Crippen molar-refractivity contribution in [2.75, 3.05) is 0 Å². The molecule has 1 aromatic carbocycles. The summed E-state index contributed by atoms with van der Waals surface area (Å²) in [7, 11) is 0. The van der Waals surface area contributed by atoms with Gasteiger partial charge >= 0.3 is 11.9 Å². The molecule has 104 valence electrons. The van der Waals surface area contributed by atoms with Crippen molar-refractivity contribution in [1.82, 2.24) is 0 Å². The van der Waals surface area contributed by atoms with Crippen LogP contribution in [-0.4, -0.2) is 22.2 Å². The van der Waals surface area contributed by atoms with Gasteiger partial charge in [-0.15, -0.1) is 0 Å². The number of hydrogen-bond donors (Lipinski definition) is 4. The maximum atomic E-state index is 11.1. The Bertz CT molecular complexity index is 648. The smallest absolute Gasteiger partial charge is 0.335 e. The molecule has 2 rings (SSSR count). The lowest BCUT2D eigenvalue weighted by Crippen LogP contribution is -2.38. The van der Waals surface area contributed by atoms with Gasteiger partial charge in [0.25, 0.3) is 0 Å². The highest BCUT2D eigenvalue weighted by Gasteiger charge is 2.32. The molecular weight excluding hydrogens is 260 g/mol. The third kappa shape index (κ3) is 2.41. The number of aromatic carboxylic acids is 1. The summed E-state index contributed by atoms with van der Waals surface area (Å²) in [5, 5.41) is 18.1. The highest BCUT2D eigenvalue weighted by Crippen LogP contribution is 2.32. The van der Waals surface area contributed by atoms with Crippen molar-refractivity contribution >= 4 is 11.9 Å². The number of aliphatic carboxylic acids is 1. The average molecular weight is 274 g/mol. The second kappa shape index (κ2) is 4.82. The fourth-order valence-corrected chi connectivity index (χ4v) is 2.13. The zero-order chi connectivity index (χ0) is 14.9. The predicted molar refractivity (Wildman–Crippen MR) is 71.9 cm³/mol. The summed E-state index contributed by atoms with van der Waals surface area (Å²) >= 11 is 0. The fraction of sp³-hybridized carbons (Fsp3) is 0.143. The molecule has 0 amide bonds. The molecule has 1 unspecified atom stereocenters. The number of carboxylic acid groups (broad SMARTS) is 2. The van der Waals surface area contributed by atoms with Crippen LogP contribution in [-0.2, 0) is 10.3 Å². The molecule has 1 aliphatic carbocycles. The van der Waals surface area contributed by atoms with Gasteiger partial charge in [0.1, 0.15) is 0 Å². The summed E-state index contributed by atoms with van der Waals surface area (Å²) in [6.07, 6.45) is 3.05. The lowest BCUT2D eigenvalue weighted by atomic mass is 9.80. The average Bonchev–Trinajstić information content (AvgIpc) is 2.41. The number of allylic oxidation sites excluding steroid dienone is 1. The van der Waals surface area contributed by atoms with E-state index in [2.05, 4.69) is 0 Å². The molecule has 0 saturated heterocycles. The van der Waals surface area contributed by atoms with Crippen LogP contribution >= 0.6 is 0 Å². The van der Waals surface area contributed by atoms with E-state index in [1.165, 1.54) is 18.2 Å². The van der Waals surface area contributed by atoms with Gasteiger partial charge < -0.3 is 21.7 Å². The van der Waals surface area contributed by atoms with Gasteiger partial charge in [-0.3, -0.25) is 0 Å². The third-order valence-electron chi connectivity index (χ3n) is 3.28. The summed E-state index contributed by atoms with van der Waals surface area (Å²) in [5.74, 6) is -2.19. The van der Waals surface area contributed by atoms with Crippen molar-refractivity contribution in [1.29, 1.82) is 0 Å². The Morgan fingerprint density at radius 3 is 2.50 bits per heavy atom. The molecule has 0 aliphatic heterocycles. The van der Waals surface area contributed by atoms with E-state index < -0.39 is 17.5 Å². The van der Waals surface area contributed by atoms with Crippen molar-refractivity contribution in [3.05, 3.63) is 58.8 Å². The molecule has 0 bridgehead atoms. The second-order valence-corrected chi connectivity index (χ2v) is 4.68. The van der Waals surface area contributed by atoms with Gasteiger partial charge in [-0.05, 0) is 23.8 Å². The molecule has 6 N–H and O–H groups in total. The Hall–Kier alpha value is -2.60. The van der Waals surface area contributed by atoms with Gasteiger partial charge in [-0.2, -0.15) is 0 Å². The first kappa shape index (κ1) is 13.8. The zero-order valence-electron chi connectivity index (χ0n) is 10.5.